The third-order valence-electron chi connectivity index (χ3n) is 3.98. The van der Waals surface area contributed by atoms with Crippen LogP contribution in [0.2, 0.25) is 0 Å². The van der Waals surface area contributed by atoms with Gasteiger partial charge in [0.2, 0.25) is 5.91 Å². The smallest absolute Gasteiger partial charge is 0.257 e. The van der Waals surface area contributed by atoms with E-state index in [9.17, 15) is 9.59 Å². The van der Waals surface area contributed by atoms with Gasteiger partial charge in [0.15, 0.2) is 0 Å². The summed E-state index contributed by atoms with van der Waals surface area (Å²) in [6.07, 6.45) is 7.49. The molecule has 2 aromatic heterocycles. The Balaban J connectivity index is 1.58. The lowest BCUT2D eigenvalue weighted by molar-refractivity contribution is -0.130. The van der Waals surface area contributed by atoms with Crippen LogP contribution in [0.15, 0.2) is 47.5 Å². The molecule has 2 aromatic rings. The Hall–Kier alpha value is -2.63. The highest BCUT2D eigenvalue weighted by atomic mass is 16.3. The largest absolute Gasteiger partial charge is 0.472 e. The topological polar surface area (TPSA) is 66.7 Å². The van der Waals surface area contributed by atoms with E-state index >= 15 is 0 Å². The molecule has 0 bridgehead atoms. The lowest BCUT2D eigenvalue weighted by Crippen LogP contribution is -2.37. The monoisotopic (exact) mass is 313 g/mol. The second-order valence-electron chi connectivity index (χ2n) is 5.58. The van der Waals surface area contributed by atoms with Gasteiger partial charge in [-0.2, -0.15) is 0 Å². The van der Waals surface area contributed by atoms with Crippen LogP contribution in [-0.2, 0) is 11.2 Å². The van der Waals surface area contributed by atoms with Crippen LogP contribution in [0.5, 0.6) is 0 Å². The summed E-state index contributed by atoms with van der Waals surface area (Å²) in [5.41, 5.74) is 1.47. The van der Waals surface area contributed by atoms with Gasteiger partial charge in [-0.25, -0.2) is 0 Å². The summed E-state index contributed by atoms with van der Waals surface area (Å²) in [5.74, 6) is 0.0379. The third kappa shape index (κ3) is 3.77. The Labute approximate surface area is 134 Å². The number of carbonyl (C=O) groups excluding carboxylic acids is 2. The Morgan fingerprint density at radius 1 is 1.13 bits per heavy atom. The maximum Gasteiger partial charge on any atom is 0.257 e. The number of hydrogen-bond acceptors (Lipinski definition) is 4. The zero-order valence-electron chi connectivity index (χ0n) is 12.9. The van der Waals surface area contributed by atoms with Gasteiger partial charge < -0.3 is 14.2 Å². The number of amides is 2. The van der Waals surface area contributed by atoms with Gasteiger partial charge in [0, 0.05) is 38.6 Å². The van der Waals surface area contributed by atoms with E-state index in [1.54, 1.807) is 23.4 Å². The molecule has 0 saturated carbocycles. The maximum atomic E-state index is 12.4. The van der Waals surface area contributed by atoms with E-state index in [0.29, 0.717) is 38.2 Å². The zero-order chi connectivity index (χ0) is 16.1. The van der Waals surface area contributed by atoms with Crippen molar-refractivity contribution < 1.29 is 14.0 Å². The van der Waals surface area contributed by atoms with Gasteiger partial charge in [0.25, 0.3) is 5.91 Å². The summed E-state index contributed by atoms with van der Waals surface area (Å²) in [6, 6.07) is 5.40. The number of pyridine rings is 1. The predicted octanol–water partition coefficient (Wildman–Crippen LogP) is 1.59. The third-order valence-corrected chi connectivity index (χ3v) is 3.98. The summed E-state index contributed by atoms with van der Waals surface area (Å²) in [4.78, 5) is 32.4. The molecule has 0 N–H and O–H groups in total. The van der Waals surface area contributed by atoms with Crippen LogP contribution < -0.4 is 0 Å². The van der Waals surface area contributed by atoms with E-state index in [-0.39, 0.29) is 11.8 Å². The van der Waals surface area contributed by atoms with Crippen molar-refractivity contribution in [2.75, 3.05) is 26.2 Å². The van der Waals surface area contributed by atoms with Crippen LogP contribution in [0, 0.1) is 0 Å². The van der Waals surface area contributed by atoms with Crippen LogP contribution in [0.1, 0.15) is 22.3 Å². The molecule has 23 heavy (non-hydrogen) atoms. The molecule has 0 aromatic carbocycles. The highest BCUT2D eigenvalue weighted by Crippen LogP contribution is 2.11. The maximum absolute atomic E-state index is 12.4. The second kappa shape index (κ2) is 7.09. The van der Waals surface area contributed by atoms with E-state index in [2.05, 4.69) is 4.98 Å². The summed E-state index contributed by atoms with van der Waals surface area (Å²) in [7, 11) is 0. The molecule has 6 heteroatoms. The average molecular weight is 313 g/mol. The molecule has 3 heterocycles. The Kier molecular flexibility index (Phi) is 4.71. The summed E-state index contributed by atoms with van der Waals surface area (Å²) >= 11 is 0. The van der Waals surface area contributed by atoms with E-state index in [4.69, 9.17) is 4.42 Å². The number of nitrogens with zero attached hydrogens (tertiary/aromatic N) is 3. The standard InChI is InChI=1S/C17H19N3O3/c21-16(11-14-3-1-5-18-12-14)19-6-2-7-20(9-8-19)17(22)15-4-10-23-13-15/h1,3-5,10,12-13H,2,6-9,11H2. The molecule has 0 atom stereocenters. The molecular weight excluding hydrogens is 294 g/mol. The molecule has 1 saturated heterocycles. The van der Waals surface area contributed by atoms with Gasteiger partial charge >= 0.3 is 0 Å². The number of furan rings is 1. The Morgan fingerprint density at radius 2 is 1.96 bits per heavy atom. The minimum atomic E-state index is -0.0414. The van der Waals surface area contributed by atoms with E-state index in [1.165, 1.54) is 12.5 Å². The molecule has 0 spiro atoms. The fourth-order valence-corrected chi connectivity index (χ4v) is 2.73. The van der Waals surface area contributed by atoms with Crippen molar-refractivity contribution in [3.05, 3.63) is 54.2 Å². The number of hydrogen-bond donors (Lipinski definition) is 0. The highest BCUT2D eigenvalue weighted by Gasteiger charge is 2.23. The van der Waals surface area contributed by atoms with Crippen molar-refractivity contribution in [3.63, 3.8) is 0 Å². The van der Waals surface area contributed by atoms with Gasteiger partial charge in [-0.05, 0) is 24.1 Å². The minimum absolute atomic E-state index is 0.0414. The molecule has 1 aliphatic heterocycles. The fraction of sp³-hybridized carbons (Fsp3) is 0.353. The first kappa shape index (κ1) is 15.3. The van der Waals surface area contributed by atoms with Crippen molar-refractivity contribution >= 4 is 11.8 Å². The molecule has 6 nitrogen and oxygen atoms in total. The van der Waals surface area contributed by atoms with Gasteiger partial charge in [0.1, 0.15) is 6.26 Å². The Bertz CT molecular complexity index is 655. The molecule has 0 radical (unpaired) electrons. The molecule has 0 aliphatic carbocycles. The van der Waals surface area contributed by atoms with Gasteiger partial charge in [-0.3, -0.25) is 14.6 Å². The second-order valence-corrected chi connectivity index (χ2v) is 5.58. The predicted molar refractivity (Wildman–Crippen MR) is 83.7 cm³/mol. The van der Waals surface area contributed by atoms with E-state index in [1.807, 2.05) is 17.0 Å². The van der Waals surface area contributed by atoms with Crippen LogP contribution in [0.4, 0.5) is 0 Å². The molecule has 2 amide bonds. The molecule has 1 aliphatic rings. The first-order valence-electron chi connectivity index (χ1n) is 7.72. The lowest BCUT2D eigenvalue weighted by Gasteiger charge is -2.22. The van der Waals surface area contributed by atoms with Gasteiger partial charge in [0.05, 0.1) is 18.2 Å². The van der Waals surface area contributed by atoms with Crippen LogP contribution in [0.25, 0.3) is 0 Å². The number of carbonyl (C=O) groups is 2. The molecular formula is C17H19N3O3. The Morgan fingerprint density at radius 3 is 2.70 bits per heavy atom. The number of aromatic nitrogens is 1. The molecule has 0 unspecified atom stereocenters. The number of rotatable bonds is 3. The minimum Gasteiger partial charge on any atom is -0.472 e. The quantitative estimate of drug-likeness (QED) is 0.863. The fourth-order valence-electron chi connectivity index (χ4n) is 2.73. The molecule has 1 fully saturated rings. The van der Waals surface area contributed by atoms with E-state index < -0.39 is 0 Å². The van der Waals surface area contributed by atoms with Crippen molar-refractivity contribution in [1.29, 1.82) is 0 Å². The van der Waals surface area contributed by atoms with Crippen molar-refractivity contribution in [2.24, 2.45) is 0 Å². The van der Waals surface area contributed by atoms with Gasteiger partial charge in [-0.1, -0.05) is 6.07 Å². The summed E-state index contributed by atoms with van der Waals surface area (Å²) in [5, 5.41) is 0. The molecule has 3 rings (SSSR count). The first-order valence-corrected chi connectivity index (χ1v) is 7.72. The van der Waals surface area contributed by atoms with Gasteiger partial charge in [-0.15, -0.1) is 0 Å². The van der Waals surface area contributed by atoms with Crippen molar-refractivity contribution in [1.82, 2.24) is 14.8 Å². The highest BCUT2D eigenvalue weighted by molar-refractivity contribution is 5.93. The summed E-state index contributed by atoms with van der Waals surface area (Å²) in [6.45, 7) is 2.43. The summed E-state index contributed by atoms with van der Waals surface area (Å²) < 4.78 is 4.97. The van der Waals surface area contributed by atoms with Crippen molar-refractivity contribution in [3.8, 4) is 0 Å². The van der Waals surface area contributed by atoms with Crippen LogP contribution in [-0.4, -0.2) is 52.8 Å². The zero-order valence-corrected chi connectivity index (χ0v) is 12.9. The SMILES string of the molecule is O=C(Cc1cccnc1)N1CCCN(C(=O)c2ccoc2)CC1. The van der Waals surface area contributed by atoms with Crippen LogP contribution >= 0.6 is 0 Å². The van der Waals surface area contributed by atoms with Crippen molar-refractivity contribution in [2.45, 2.75) is 12.8 Å². The first-order chi connectivity index (χ1) is 11.2. The molecule has 120 valence electrons. The van der Waals surface area contributed by atoms with E-state index in [0.717, 1.165) is 12.0 Å². The van der Waals surface area contributed by atoms with Crippen LogP contribution in [0.3, 0.4) is 0 Å². The average Bonchev–Trinajstić information content (AvgIpc) is 2.99. The normalized spacial score (nSPS) is 15.3. The lowest BCUT2D eigenvalue weighted by atomic mass is 10.2.